The Morgan fingerprint density at radius 3 is 2.34 bits per heavy atom. The molecule has 0 aliphatic carbocycles. The lowest BCUT2D eigenvalue weighted by atomic mass is 9.85. The third-order valence-electron chi connectivity index (χ3n) is 6.65. The maximum Gasteiger partial charge on any atom is 0.329 e. The highest BCUT2D eigenvalue weighted by atomic mass is 16.5. The molecule has 2 unspecified atom stereocenters. The minimum absolute atomic E-state index is 0.0642. The average molecular weight is 436 g/mol. The molecule has 0 aromatic heterocycles. The summed E-state index contributed by atoms with van der Waals surface area (Å²) in [6.45, 7) is 6.96. The molecule has 1 fully saturated rings. The maximum absolute atomic E-state index is 13.3. The Morgan fingerprint density at radius 2 is 1.69 bits per heavy atom. The zero-order chi connectivity index (χ0) is 23.0. The van der Waals surface area contributed by atoms with E-state index in [1.807, 2.05) is 48.5 Å². The van der Waals surface area contributed by atoms with Gasteiger partial charge in [-0.15, -0.1) is 0 Å². The Labute approximate surface area is 193 Å². The van der Waals surface area contributed by atoms with Gasteiger partial charge in [0.1, 0.15) is 12.1 Å². The Bertz CT molecular complexity index is 863. The van der Waals surface area contributed by atoms with Gasteiger partial charge in [-0.1, -0.05) is 87.9 Å². The van der Waals surface area contributed by atoms with Crippen LogP contribution in [-0.4, -0.2) is 29.4 Å². The van der Waals surface area contributed by atoms with Gasteiger partial charge in [0.25, 0.3) is 0 Å². The second-order valence-electron chi connectivity index (χ2n) is 9.65. The van der Waals surface area contributed by atoms with E-state index >= 15 is 0 Å². The van der Waals surface area contributed by atoms with Crippen molar-refractivity contribution in [3.8, 4) is 0 Å². The van der Waals surface area contributed by atoms with E-state index in [0.29, 0.717) is 25.8 Å². The number of amides is 1. The van der Waals surface area contributed by atoms with Crippen molar-refractivity contribution in [3.63, 3.8) is 0 Å². The molecule has 32 heavy (non-hydrogen) atoms. The fraction of sp³-hybridized carbons (Fsp3) is 0.500. The molecule has 1 aliphatic rings. The van der Waals surface area contributed by atoms with Crippen LogP contribution in [0.2, 0.25) is 0 Å². The van der Waals surface area contributed by atoms with Crippen molar-refractivity contribution in [1.29, 1.82) is 0 Å². The summed E-state index contributed by atoms with van der Waals surface area (Å²) in [4.78, 5) is 28.2. The summed E-state index contributed by atoms with van der Waals surface area (Å²) >= 11 is 0. The van der Waals surface area contributed by atoms with Gasteiger partial charge in [-0.05, 0) is 48.6 Å². The molecular formula is C28H37NO3. The highest BCUT2D eigenvalue weighted by molar-refractivity contribution is 5.85. The van der Waals surface area contributed by atoms with Crippen LogP contribution >= 0.6 is 0 Å². The number of aryl methyl sites for hydroxylation is 1. The number of benzene rings is 2. The fourth-order valence-electron chi connectivity index (χ4n) is 4.23. The number of ether oxygens (including phenoxy) is 1. The number of nitrogens with zero attached hydrogens (tertiary/aromatic N) is 1. The van der Waals surface area contributed by atoms with Crippen molar-refractivity contribution in [2.75, 3.05) is 6.54 Å². The van der Waals surface area contributed by atoms with Crippen LogP contribution < -0.4 is 0 Å². The van der Waals surface area contributed by atoms with Crippen LogP contribution in [0.3, 0.4) is 0 Å². The molecule has 1 saturated heterocycles. The van der Waals surface area contributed by atoms with Crippen LogP contribution in [0.4, 0.5) is 0 Å². The van der Waals surface area contributed by atoms with Crippen LogP contribution in [0, 0.1) is 5.41 Å². The smallest absolute Gasteiger partial charge is 0.329 e. The Morgan fingerprint density at radius 1 is 1.03 bits per heavy atom. The van der Waals surface area contributed by atoms with Crippen LogP contribution in [0.15, 0.2) is 60.7 Å². The second kappa shape index (κ2) is 11.3. The molecule has 2 atom stereocenters. The lowest BCUT2D eigenvalue weighted by Gasteiger charge is -2.37. The average Bonchev–Trinajstić information content (AvgIpc) is 2.82. The van der Waals surface area contributed by atoms with E-state index in [0.717, 1.165) is 31.2 Å². The topological polar surface area (TPSA) is 46.6 Å². The molecule has 4 nitrogen and oxygen atoms in total. The van der Waals surface area contributed by atoms with Crippen molar-refractivity contribution in [2.24, 2.45) is 5.41 Å². The van der Waals surface area contributed by atoms with Crippen LogP contribution in [0.5, 0.6) is 0 Å². The highest BCUT2D eigenvalue weighted by Gasteiger charge is 2.36. The lowest BCUT2D eigenvalue weighted by molar-refractivity contribution is -0.162. The fourth-order valence-corrected chi connectivity index (χ4v) is 4.23. The molecule has 0 spiro atoms. The molecule has 3 rings (SSSR count). The largest absolute Gasteiger partial charge is 0.456 e. The normalized spacial score (nSPS) is 17.6. The molecule has 2 aromatic rings. The van der Waals surface area contributed by atoms with E-state index in [2.05, 4.69) is 32.9 Å². The summed E-state index contributed by atoms with van der Waals surface area (Å²) < 4.78 is 6.10. The van der Waals surface area contributed by atoms with Gasteiger partial charge in [0.05, 0.1) is 0 Å². The van der Waals surface area contributed by atoms with Crippen molar-refractivity contribution in [3.05, 3.63) is 71.8 Å². The first kappa shape index (κ1) is 24.0. The molecular weight excluding hydrogens is 398 g/mol. The summed E-state index contributed by atoms with van der Waals surface area (Å²) in [6, 6.07) is 19.7. The van der Waals surface area contributed by atoms with Gasteiger partial charge in [0, 0.05) is 13.0 Å². The Hall–Kier alpha value is -2.62. The van der Waals surface area contributed by atoms with E-state index in [1.54, 1.807) is 4.90 Å². The van der Waals surface area contributed by atoms with E-state index in [4.69, 9.17) is 4.74 Å². The Kier molecular flexibility index (Phi) is 8.49. The van der Waals surface area contributed by atoms with Crippen LogP contribution in [0.25, 0.3) is 0 Å². The monoisotopic (exact) mass is 435 g/mol. The number of carbonyl (C=O) groups excluding carboxylic acids is 2. The minimum Gasteiger partial charge on any atom is -0.456 e. The van der Waals surface area contributed by atoms with Gasteiger partial charge in [-0.3, -0.25) is 4.79 Å². The van der Waals surface area contributed by atoms with E-state index < -0.39 is 6.04 Å². The van der Waals surface area contributed by atoms with Crippen molar-refractivity contribution < 1.29 is 14.3 Å². The molecule has 0 N–H and O–H groups in total. The second-order valence-corrected chi connectivity index (χ2v) is 9.65. The molecule has 0 saturated carbocycles. The summed E-state index contributed by atoms with van der Waals surface area (Å²) in [5.41, 5.74) is 2.16. The summed E-state index contributed by atoms with van der Waals surface area (Å²) in [5.74, 6) is -0.201. The third-order valence-corrected chi connectivity index (χ3v) is 6.65. The summed E-state index contributed by atoms with van der Waals surface area (Å²) in [5, 5.41) is 0. The zero-order valence-electron chi connectivity index (χ0n) is 19.8. The van der Waals surface area contributed by atoms with Crippen molar-refractivity contribution in [2.45, 2.75) is 77.9 Å². The molecule has 0 radical (unpaired) electrons. The summed E-state index contributed by atoms with van der Waals surface area (Å²) in [6.07, 6.45) is 5.17. The first-order valence-electron chi connectivity index (χ1n) is 12.0. The number of carbonyl (C=O) groups is 2. The molecule has 1 amide bonds. The van der Waals surface area contributed by atoms with Crippen molar-refractivity contribution >= 4 is 11.9 Å². The zero-order valence-corrected chi connectivity index (χ0v) is 19.8. The number of esters is 1. The van der Waals surface area contributed by atoms with E-state index in [1.165, 1.54) is 5.56 Å². The number of hydrogen-bond acceptors (Lipinski definition) is 3. The van der Waals surface area contributed by atoms with Gasteiger partial charge in [0.15, 0.2) is 0 Å². The number of rotatable bonds is 9. The number of likely N-dealkylation sites (tertiary alicyclic amines) is 1. The highest BCUT2D eigenvalue weighted by Crippen LogP contribution is 2.30. The lowest BCUT2D eigenvalue weighted by Crippen LogP contribution is -2.49. The minimum atomic E-state index is -0.480. The van der Waals surface area contributed by atoms with Crippen molar-refractivity contribution in [1.82, 2.24) is 4.90 Å². The van der Waals surface area contributed by atoms with E-state index in [9.17, 15) is 9.59 Å². The van der Waals surface area contributed by atoms with Gasteiger partial charge in [0.2, 0.25) is 5.91 Å². The molecule has 1 aliphatic heterocycles. The molecule has 1 heterocycles. The SMILES string of the molecule is CCC(C)(C)CC(=O)N1CCCCC1C(=O)OC(CCc1ccccc1)c1ccccc1. The quantitative estimate of drug-likeness (QED) is 0.446. The predicted molar refractivity (Wildman–Crippen MR) is 128 cm³/mol. The molecule has 0 bridgehead atoms. The van der Waals surface area contributed by atoms with Crippen LogP contribution in [-0.2, 0) is 20.7 Å². The van der Waals surface area contributed by atoms with Gasteiger partial charge in [-0.2, -0.15) is 0 Å². The number of hydrogen-bond donors (Lipinski definition) is 0. The van der Waals surface area contributed by atoms with Gasteiger partial charge >= 0.3 is 5.97 Å². The van der Waals surface area contributed by atoms with Gasteiger partial charge in [-0.25, -0.2) is 4.79 Å². The standard InChI is InChI=1S/C28H37NO3/c1-4-28(2,3)21-26(30)29-20-12-11-17-24(29)27(31)32-25(23-15-9-6-10-16-23)19-18-22-13-7-5-8-14-22/h5-10,13-16,24-25H,4,11-12,17-21H2,1-3H3. The Balaban J connectivity index is 1.72. The molecule has 4 heteroatoms. The predicted octanol–water partition coefficient (Wildman–Crippen LogP) is 6.11. The maximum atomic E-state index is 13.3. The molecule has 172 valence electrons. The number of piperidine rings is 1. The van der Waals surface area contributed by atoms with Gasteiger partial charge < -0.3 is 9.64 Å². The first-order valence-corrected chi connectivity index (χ1v) is 12.0. The van der Waals surface area contributed by atoms with E-state index in [-0.39, 0.29) is 23.4 Å². The summed E-state index contributed by atoms with van der Waals surface area (Å²) in [7, 11) is 0. The molecule has 2 aromatic carbocycles. The van der Waals surface area contributed by atoms with Crippen LogP contribution in [0.1, 0.15) is 76.5 Å². The first-order chi connectivity index (χ1) is 15.4. The third kappa shape index (κ3) is 6.69.